The standard InChI is InChI=1S/C13H18N2OS/c1-13(2,3)11-9-17-12(14-11)7-15-6-4-5-10(15)8-16/h4-6,9,16H,7-8H2,1-3H3. The Hall–Kier alpha value is -1.13. The minimum atomic E-state index is 0.0739. The summed E-state index contributed by atoms with van der Waals surface area (Å²) in [4.78, 5) is 4.65. The highest BCUT2D eigenvalue weighted by atomic mass is 32.1. The van der Waals surface area contributed by atoms with Crippen molar-refractivity contribution >= 4 is 11.3 Å². The number of aromatic nitrogens is 2. The van der Waals surface area contributed by atoms with Crippen LogP contribution in [0.2, 0.25) is 0 Å². The number of thiazole rings is 1. The molecule has 2 aromatic heterocycles. The second-order valence-electron chi connectivity index (χ2n) is 5.16. The van der Waals surface area contributed by atoms with Crippen LogP contribution in [0, 0.1) is 0 Å². The number of aliphatic hydroxyl groups is 1. The normalized spacial score (nSPS) is 12.0. The third kappa shape index (κ3) is 2.76. The van der Waals surface area contributed by atoms with E-state index in [2.05, 4.69) is 31.1 Å². The lowest BCUT2D eigenvalue weighted by molar-refractivity contribution is 0.271. The van der Waals surface area contributed by atoms with Gasteiger partial charge in [0.05, 0.1) is 18.8 Å². The number of hydrogen-bond donors (Lipinski definition) is 1. The van der Waals surface area contributed by atoms with Crippen LogP contribution in [0.15, 0.2) is 23.7 Å². The Bertz CT molecular complexity index is 493. The molecule has 0 aliphatic rings. The highest BCUT2D eigenvalue weighted by Crippen LogP contribution is 2.24. The molecule has 2 rings (SSSR count). The summed E-state index contributed by atoms with van der Waals surface area (Å²) in [7, 11) is 0. The maximum atomic E-state index is 9.18. The van der Waals surface area contributed by atoms with Gasteiger partial charge < -0.3 is 9.67 Å². The molecule has 0 aliphatic carbocycles. The van der Waals surface area contributed by atoms with Crippen molar-refractivity contribution < 1.29 is 5.11 Å². The van der Waals surface area contributed by atoms with Crippen LogP contribution in [0.25, 0.3) is 0 Å². The van der Waals surface area contributed by atoms with Crippen molar-refractivity contribution in [3.63, 3.8) is 0 Å². The Kier molecular flexibility index (Phi) is 3.35. The summed E-state index contributed by atoms with van der Waals surface area (Å²) in [6, 6.07) is 3.88. The van der Waals surface area contributed by atoms with Crippen molar-refractivity contribution in [3.05, 3.63) is 40.1 Å². The van der Waals surface area contributed by atoms with Crippen molar-refractivity contribution in [3.8, 4) is 0 Å². The van der Waals surface area contributed by atoms with E-state index in [0.717, 1.165) is 22.9 Å². The number of rotatable bonds is 3. The van der Waals surface area contributed by atoms with E-state index in [0.29, 0.717) is 0 Å². The van der Waals surface area contributed by atoms with Gasteiger partial charge in [-0.25, -0.2) is 4.98 Å². The minimum absolute atomic E-state index is 0.0739. The van der Waals surface area contributed by atoms with Gasteiger partial charge in [-0.15, -0.1) is 11.3 Å². The SMILES string of the molecule is CC(C)(C)c1csc(Cn2cccc2CO)n1. The van der Waals surface area contributed by atoms with Crippen LogP contribution in [0.1, 0.15) is 37.2 Å². The molecule has 3 nitrogen and oxygen atoms in total. The van der Waals surface area contributed by atoms with Gasteiger partial charge in [-0.2, -0.15) is 0 Å². The van der Waals surface area contributed by atoms with Gasteiger partial charge in [-0.3, -0.25) is 0 Å². The van der Waals surface area contributed by atoms with E-state index in [9.17, 15) is 5.11 Å². The highest BCUT2D eigenvalue weighted by Gasteiger charge is 2.17. The fraction of sp³-hybridized carbons (Fsp3) is 0.462. The molecular formula is C13H18N2OS. The molecule has 17 heavy (non-hydrogen) atoms. The molecular weight excluding hydrogens is 232 g/mol. The molecule has 0 unspecified atom stereocenters. The molecule has 4 heteroatoms. The largest absolute Gasteiger partial charge is 0.390 e. The lowest BCUT2D eigenvalue weighted by Gasteiger charge is -2.14. The van der Waals surface area contributed by atoms with Gasteiger partial charge in [0.15, 0.2) is 0 Å². The maximum Gasteiger partial charge on any atom is 0.113 e. The monoisotopic (exact) mass is 250 g/mol. The highest BCUT2D eigenvalue weighted by molar-refractivity contribution is 7.09. The first-order valence-electron chi connectivity index (χ1n) is 5.70. The Morgan fingerprint density at radius 3 is 2.76 bits per heavy atom. The molecule has 0 saturated heterocycles. The van der Waals surface area contributed by atoms with Gasteiger partial charge in [-0.05, 0) is 12.1 Å². The van der Waals surface area contributed by atoms with Crippen molar-refractivity contribution in [2.24, 2.45) is 0 Å². The predicted octanol–water partition coefficient (Wildman–Crippen LogP) is 2.78. The third-order valence-corrected chi connectivity index (χ3v) is 3.54. The molecule has 92 valence electrons. The predicted molar refractivity (Wildman–Crippen MR) is 70.3 cm³/mol. The van der Waals surface area contributed by atoms with Gasteiger partial charge >= 0.3 is 0 Å². The molecule has 0 aromatic carbocycles. The Morgan fingerprint density at radius 1 is 1.41 bits per heavy atom. The molecule has 0 bridgehead atoms. The maximum absolute atomic E-state index is 9.18. The average molecular weight is 250 g/mol. The van der Waals surface area contributed by atoms with Crippen LogP contribution in [0.3, 0.4) is 0 Å². The number of nitrogens with zero attached hydrogens (tertiary/aromatic N) is 2. The van der Waals surface area contributed by atoms with E-state index in [1.807, 2.05) is 22.9 Å². The summed E-state index contributed by atoms with van der Waals surface area (Å²) in [5.74, 6) is 0. The average Bonchev–Trinajstić information content (AvgIpc) is 2.86. The number of aliphatic hydroxyl groups excluding tert-OH is 1. The van der Waals surface area contributed by atoms with Gasteiger partial charge in [0.1, 0.15) is 5.01 Å². The van der Waals surface area contributed by atoms with E-state index < -0.39 is 0 Å². The van der Waals surface area contributed by atoms with Crippen molar-refractivity contribution in [2.45, 2.75) is 39.3 Å². The molecule has 0 spiro atoms. The minimum Gasteiger partial charge on any atom is -0.390 e. The zero-order valence-corrected chi connectivity index (χ0v) is 11.3. The summed E-state index contributed by atoms with van der Waals surface area (Å²) < 4.78 is 2.03. The summed E-state index contributed by atoms with van der Waals surface area (Å²) in [5, 5.41) is 12.4. The number of hydrogen-bond acceptors (Lipinski definition) is 3. The first kappa shape index (κ1) is 12.3. The molecule has 0 saturated carbocycles. The molecule has 2 aromatic rings. The molecule has 0 aliphatic heterocycles. The summed E-state index contributed by atoms with van der Waals surface area (Å²) in [6.07, 6.45) is 1.98. The van der Waals surface area contributed by atoms with E-state index >= 15 is 0 Å². The summed E-state index contributed by atoms with van der Waals surface area (Å²) in [6.45, 7) is 7.32. The second kappa shape index (κ2) is 4.63. The van der Waals surface area contributed by atoms with Crippen LogP contribution >= 0.6 is 11.3 Å². The van der Waals surface area contributed by atoms with E-state index in [1.54, 1.807) is 11.3 Å². The van der Waals surface area contributed by atoms with Gasteiger partial charge in [0.25, 0.3) is 0 Å². The van der Waals surface area contributed by atoms with Gasteiger partial charge in [-0.1, -0.05) is 20.8 Å². The summed E-state index contributed by atoms with van der Waals surface area (Å²) in [5.41, 5.74) is 2.17. The quantitative estimate of drug-likeness (QED) is 0.909. The van der Waals surface area contributed by atoms with E-state index in [1.165, 1.54) is 0 Å². The lowest BCUT2D eigenvalue weighted by atomic mass is 9.93. The van der Waals surface area contributed by atoms with Crippen molar-refractivity contribution in [1.82, 2.24) is 9.55 Å². The van der Waals surface area contributed by atoms with Crippen LogP contribution in [0.5, 0.6) is 0 Å². The molecule has 0 radical (unpaired) electrons. The molecule has 2 heterocycles. The molecule has 0 atom stereocenters. The third-order valence-electron chi connectivity index (χ3n) is 2.71. The van der Waals surface area contributed by atoms with Crippen molar-refractivity contribution in [1.29, 1.82) is 0 Å². The molecule has 0 fully saturated rings. The van der Waals surface area contributed by atoms with Crippen LogP contribution < -0.4 is 0 Å². The fourth-order valence-corrected chi connectivity index (χ4v) is 2.64. The summed E-state index contributed by atoms with van der Waals surface area (Å²) >= 11 is 1.68. The zero-order chi connectivity index (χ0) is 12.5. The van der Waals surface area contributed by atoms with Crippen molar-refractivity contribution in [2.75, 3.05) is 0 Å². The topological polar surface area (TPSA) is 38.0 Å². The molecule has 0 amide bonds. The smallest absolute Gasteiger partial charge is 0.113 e. The zero-order valence-electron chi connectivity index (χ0n) is 10.5. The van der Waals surface area contributed by atoms with Crippen LogP contribution in [-0.2, 0) is 18.6 Å². The van der Waals surface area contributed by atoms with Crippen LogP contribution in [0.4, 0.5) is 0 Å². The first-order valence-corrected chi connectivity index (χ1v) is 6.58. The molecule has 1 N–H and O–H groups in total. The Labute approximate surface area is 106 Å². The van der Waals surface area contributed by atoms with Crippen LogP contribution in [-0.4, -0.2) is 14.7 Å². The second-order valence-corrected chi connectivity index (χ2v) is 6.10. The van der Waals surface area contributed by atoms with Gasteiger partial charge in [0.2, 0.25) is 0 Å². The fourth-order valence-electron chi connectivity index (χ4n) is 1.62. The van der Waals surface area contributed by atoms with E-state index in [-0.39, 0.29) is 12.0 Å². The Balaban J connectivity index is 2.17. The Morgan fingerprint density at radius 2 is 2.18 bits per heavy atom. The lowest BCUT2D eigenvalue weighted by Crippen LogP contribution is -2.12. The first-order chi connectivity index (χ1) is 8.00. The van der Waals surface area contributed by atoms with E-state index in [4.69, 9.17) is 0 Å². The van der Waals surface area contributed by atoms with Gasteiger partial charge in [0, 0.05) is 22.7 Å².